The molecule has 14 heavy (non-hydrogen) atoms. The number of methoxy groups -OCH3 is 1. The maximum absolute atomic E-state index is 5.05. The van der Waals surface area contributed by atoms with Gasteiger partial charge in [-0.15, -0.1) is 0 Å². The van der Waals surface area contributed by atoms with Crippen LogP contribution in [0.5, 0.6) is 0 Å². The maximum atomic E-state index is 5.05. The molecule has 0 aliphatic rings. The molecule has 0 aliphatic carbocycles. The van der Waals surface area contributed by atoms with Crippen LogP contribution in [0.1, 0.15) is 12.5 Å². The second kappa shape index (κ2) is 5.78. The summed E-state index contributed by atoms with van der Waals surface area (Å²) < 4.78 is 6.87. The number of rotatable bonds is 6. The molecule has 1 atom stereocenters. The molecule has 4 heteroatoms. The average Bonchev–Trinajstić information content (AvgIpc) is 2.52. The minimum absolute atomic E-state index is 0.552. The van der Waals surface area contributed by atoms with Crippen molar-refractivity contribution in [1.82, 2.24) is 15.1 Å². The summed E-state index contributed by atoms with van der Waals surface area (Å²) in [4.78, 5) is 0. The summed E-state index contributed by atoms with van der Waals surface area (Å²) in [5, 5.41) is 7.47. The van der Waals surface area contributed by atoms with Gasteiger partial charge in [-0.25, -0.2) is 0 Å². The third kappa shape index (κ3) is 3.89. The van der Waals surface area contributed by atoms with E-state index in [0.717, 1.165) is 19.7 Å². The van der Waals surface area contributed by atoms with Gasteiger partial charge in [0.25, 0.3) is 0 Å². The van der Waals surface area contributed by atoms with Gasteiger partial charge in [0.1, 0.15) is 0 Å². The van der Waals surface area contributed by atoms with Crippen LogP contribution in [0.15, 0.2) is 12.4 Å². The van der Waals surface area contributed by atoms with Crippen LogP contribution in [0, 0.1) is 5.92 Å². The Labute approximate surface area is 85.3 Å². The Bertz CT molecular complexity index is 260. The van der Waals surface area contributed by atoms with Crippen molar-refractivity contribution >= 4 is 0 Å². The summed E-state index contributed by atoms with van der Waals surface area (Å²) in [6.45, 7) is 4.82. The predicted molar refractivity (Wildman–Crippen MR) is 56.0 cm³/mol. The number of nitrogens with zero attached hydrogens (tertiary/aromatic N) is 2. The molecule has 0 bridgehead atoms. The van der Waals surface area contributed by atoms with Crippen LogP contribution in [0.3, 0.4) is 0 Å². The fraction of sp³-hybridized carbons (Fsp3) is 0.700. The first-order chi connectivity index (χ1) is 6.72. The van der Waals surface area contributed by atoms with Gasteiger partial charge in [0.15, 0.2) is 0 Å². The SMILES string of the molecule is COCC(C)CNCc1cnn(C)c1. The molecule has 0 radical (unpaired) electrons. The zero-order valence-electron chi connectivity index (χ0n) is 9.16. The molecule has 1 N–H and O–H groups in total. The Morgan fingerprint density at radius 1 is 1.64 bits per heavy atom. The van der Waals surface area contributed by atoms with Gasteiger partial charge in [0.05, 0.1) is 6.20 Å². The van der Waals surface area contributed by atoms with Crippen molar-refractivity contribution in [3.8, 4) is 0 Å². The first-order valence-electron chi connectivity index (χ1n) is 4.89. The molecule has 0 aliphatic heterocycles. The predicted octanol–water partition coefficient (Wildman–Crippen LogP) is 0.792. The Balaban J connectivity index is 2.15. The molecule has 0 saturated heterocycles. The zero-order valence-corrected chi connectivity index (χ0v) is 9.16. The highest BCUT2D eigenvalue weighted by molar-refractivity contribution is 5.02. The van der Waals surface area contributed by atoms with Crippen molar-refractivity contribution in [2.75, 3.05) is 20.3 Å². The molecular formula is C10H19N3O. The van der Waals surface area contributed by atoms with E-state index in [9.17, 15) is 0 Å². The standard InChI is InChI=1S/C10H19N3O/c1-9(8-14-3)4-11-5-10-6-12-13(2)7-10/h6-7,9,11H,4-5,8H2,1-3H3. The molecule has 0 amide bonds. The van der Waals surface area contributed by atoms with Crippen molar-refractivity contribution in [3.63, 3.8) is 0 Å². The Kier molecular flexibility index (Phi) is 4.62. The first-order valence-corrected chi connectivity index (χ1v) is 4.89. The van der Waals surface area contributed by atoms with E-state index in [-0.39, 0.29) is 0 Å². The Hall–Kier alpha value is -0.870. The van der Waals surface area contributed by atoms with Gasteiger partial charge in [0.2, 0.25) is 0 Å². The third-order valence-corrected chi connectivity index (χ3v) is 2.03. The smallest absolute Gasteiger partial charge is 0.0534 e. The average molecular weight is 197 g/mol. The number of aromatic nitrogens is 2. The van der Waals surface area contributed by atoms with E-state index < -0.39 is 0 Å². The van der Waals surface area contributed by atoms with E-state index in [1.165, 1.54) is 5.56 Å². The van der Waals surface area contributed by atoms with Gasteiger partial charge in [-0.3, -0.25) is 4.68 Å². The highest BCUT2D eigenvalue weighted by Crippen LogP contribution is 1.97. The van der Waals surface area contributed by atoms with E-state index in [0.29, 0.717) is 5.92 Å². The zero-order chi connectivity index (χ0) is 10.4. The normalized spacial score (nSPS) is 13.1. The fourth-order valence-electron chi connectivity index (χ4n) is 1.37. The minimum Gasteiger partial charge on any atom is -0.384 e. The van der Waals surface area contributed by atoms with Crippen molar-refractivity contribution in [2.45, 2.75) is 13.5 Å². The van der Waals surface area contributed by atoms with E-state index in [1.54, 1.807) is 7.11 Å². The van der Waals surface area contributed by atoms with Crippen LogP contribution in [0.4, 0.5) is 0 Å². The maximum Gasteiger partial charge on any atom is 0.0534 e. The number of ether oxygens (including phenoxy) is 1. The van der Waals surface area contributed by atoms with Crippen molar-refractivity contribution in [3.05, 3.63) is 18.0 Å². The van der Waals surface area contributed by atoms with Crippen LogP contribution in [-0.4, -0.2) is 30.0 Å². The van der Waals surface area contributed by atoms with Crippen LogP contribution in [0.2, 0.25) is 0 Å². The molecule has 1 aromatic heterocycles. The van der Waals surface area contributed by atoms with Crippen LogP contribution in [-0.2, 0) is 18.3 Å². The Morgan fingerprint density at radius 2 is 2.43 bits per heavy atom. The lowest BCUT2D eigenvalue weighted by molar-refractivity contribution is 0.158. The summed E-state index contributed by atoms with van der Waals surface area (Å²) in [7, 11) is 3.66. The van der Waals surface area contributed by atoms with Crippen LogP contribution < -0.4 is 5.32 Å². The molecule has 1 rings (SSSR count). The lowest BCUT2D eigenvalue weighted by atomic mass is 10.2. The van der Waals surface area contributed by atoms with Gasteiger partial charge in [-0.2, -0.15) is 5.10 Å². The molecule has 0 fully saturated rings. The van der Waals surface area contributed by atoms with Crippen molar-refractivity contribution < 1.29 is 4.74 Å². The summed E-state index contributed by atoms with van der Waals surface area (Å²) in [5.74, 6) is 0.552. The van der Waals surface area contributed by atoms with Gasteiger partial charge >= 0.3 is 0 Å². The lowest BCUT2D eigenvalue weighted by Crippen LogP contribution is -2.23. The highest BCUT2D eigenvalue weighted by atomic mass is 16.5. The molecule has 0 spiro atoms. The molecule has 0 saturated carbocycles. The van der Waals surface area contributed by atoms with Crippen LogP contribution >= 0.6 is 0 Å². The van der Waals surface area contributed by atoms with Gasteiger partial charge < -0.3 is 10.1 Å². The molecule has 4 nitrogen and oxygen atoms in total. The van der Waals surface area contributed by atoms with Crippen LogP contribution in [0.25, 0.3) is 0 Å². The molecule has 80 valence electrons. The van der Waals surface area contributed by atoms with E-state index in [4.69, 9.17) is 4.74 Å². The summed E-state index contributed by atoms with van der Waals surface area (Å²) >= 11 is 0. The number of hydrogen-bond acceptors (Lipinski definition) is 3. The first kappa shape index (κ1) is 11.2. The van der Waals surface area contributed by atoms with Gasteiger partial charge in [0, 0.05) is 45.6 Å². The summed E-state index contributed by atoms with van der Waals surface area (Å²) in [6, 6.07) is 0. The lowest BCUT2D eigenvalue weighted by Gasteiger charge is -2.10. The molecule has 0 aromatic carbocycles. The number of nitrogens with one attached hydrogen (secondary N) is 1. The largest absolute Gasteiger partial charge is 0.384 e. The molecule has 1 aromatic rings. The molecule has 1 unspecified atom stereocenters. The second-order valence-electron chi connectivity index (χ2n) is 3.71. The van der Waals surface area contributed by atoms with E-state index in [1.807, 2.05) is 24.1 Å². The van der Waals surface area contributed by atoms with Gasteiger partial charge in [-0.1, -0.05) is 6.92 Å². The quantitative estimate of drug-likeness (QED) is 0.733. The summed E-state index contributed by atoms with van der Waals surface area (Å²) in [6.07, 6.45) is 3.90. The molecule has 1 heterocycles. The fourth-order valence-corrected chi connectivity index (χ4v) is 1.37. The minimum atomic E-state index is 0.552. The Morgan fingerprint density at radius 3 is 3.00 bits per heavy atom. The topological polar surface area (TPSA) is 39.1 Å². The molecular weight excluding hydrogens is 178 g/mol. The number of hydrogen-bond donors (Lipinski definition) is 1. The summed E-state index contributed by atoms with van der Waals surface area (Å²) in [5.41, 5.74) is 1.22. The van der Waals surface area contributed by atoms with E-state index in [2.05, 4.69) is 17.3 Å². The monoisotopic (exact) mass is 197 g/mol. The second-order valence-corrected chi connectivity index (χ2v) is 3.71. The highest BCUT2D eigenvalue weighted by Gasteiger charge is 2.01. The number of aryl methyl sites for hydroxylation is 1. The third-order valence-electron chi connectivity index (χ3n) is 2.03. The van der Waals surface area contributed by atoms with Crippen molar-refractivity contribution in [1.29, 1.82) is 0 Å². The van der Waals surface area contributed by atoms with Crippen molar-refractivity contribution in [2.24, 2.45) is 13.0 Å². The van der Waals surface area contributed by atoms with E-state index >= 15 is 0 Å². The van der Waals surface area contributed by atoms with Gasteiger partial charge in [-0.05, 0) is 5.92 Å².